The van der Waals surface area contributed by atoms with E-state index in [-0.39, 0.29) is 18.5 Å². The van der Waals surface area contributed by atoms with Crippen LogP contribution in [0.3, 0.4) is 0 Å². The van der Waals surface area contributed by atoms with Gasteiger partial charge in [-0.05, 0) is 32.9 Å². The molecule has 0 spiro atoms. The molecule has 1 aliphatic heterocycles. The highest BCUT2D eigenvalue weighted by molar-refractivity contribution is 6.30. The highest BCUT2D eigenvalue weighted by Gasteiger charge is 2.18. The maximum Gasteiger partial charge on any atom is 0.163 e. The normalized spacial score (nSPS) is 16.8. The van der Waals surface area contributed by atoms with Crippen LogP contribution < -0.4 is 5.32 Å². The van der Waals surface area contributed by atoms with Crippen molar-refractivity contribution in [1.29, 1.82) is 0 Å². The van der Waals surface area contributed by atoms with Crippen LogP contribution in [0.1, 0.15) is 24.1 Å². The third kappa shape index (κ3) is 3.78. The second-order valence-electron chi connectivity index (χ2n) is 4.95. The van der Waals surface area contributed by atoms with Crippen LogP contribution in [0.25, 0.3) is 0 Å². The molecule has 0 unspecified atom stereocenters. The summed E-state index contributed by atoms with van der Waals surface area (Å²) in [7, 11) is 1.77. The van der Waals surface area contributed by atoms with Crippen molar-refractivity contribution in [2.75, 3.05) is 19.7 Å². The maximum absolute atomic E-state index is 11.9. The van der Waals surface area contributed by atoms with Gasteiger partial charge in [0, 0.05) is 19.0 Å². The summed E-state index contributed by atoms with van der Waals surface area (Å²) in [6, 6.07) is 0. The van der Waals surface area contributed by atoms with E-state index in [1.807, 2.05) is 6.92 Å². The predicted octanol–water partition coefficient (Wildman–Crippen LogP) is 1.26. The lowest BCUT2D eigenvalue weighted by molar-refractivity contribution is -0.125. The number of rotatable bonds is 5. The van der Waals surface area contributed by atoms with Crippen molar-refractivity contribution in [2.24, 2.45) is 7.05 Å². The summed E-state index contributed by atoms with van der Waals surface area (Å²) in [5.74, 6) is 0.0523. The van der Waals surface area contributed by atoms with Crippen LogP contribution in [0.5, 0.6) is 0 Å². The van der Waals surface area contributed by atoms with Gasteiger partial charge in [0.1, 0.15) is 11.8 Å². The molecule has 1 aliphatic rings. The van der Waals surface area contributed by atoms with Crippen LogP contribution in [0, 0.1) is 6.92 Å². The number of nitrogens with one attached hydrogen (secondary N) is 1. The van der Waals surface area contributed by atoms with Crippen LogP contribution in [-0.2, 0) is 23.0 Å². The van der Waals surface area contributed by atoms with Gasteiger partial charge in [0.05, 0.1) is 11.8 Å². The monoisotopic (exact) mass is 285 g/mol. The van der Waals surface area contributed by atoms with E-state index in [1.54, 1.807) is 11.7 Å². The molecule has 0 aromatic carbocycles. The Labute approximate surface area is 118 Å². The van der Waals surface area contributed by atoms with Crippen LogP contribution >= 0.6 is 11.6 Å². The van der Waals surface area contributed by atoms with E-state index in [4.69, 9.17) is 16.3 Å². The smallest absolute Gasteiger partial charge is 0.163 e. The van der Waals surface area contributed by atoms with E-state index < -0.39 is 0 Å². The Hall–Kier alpha value is -0.910. The summed E-state index contributed by atoms with van der Waals surface area (Å²) in [6.45, 7) is 3.95. The molecule has 1 saturated heterocycles. The van der Waals surface area contributed by atoms with Gasteiger partial charge in [0.15, 0.2) is 5.78 Å². The molecule has 1 N–H and O–H groups in total. The van der Waals surface area contributed by atoms with E-state index in [9.17, 15) is 4.79 Å². The molecule has 0 amide bonds. The first-order valence-corrected chi connectivity index (χ1v) is 6.97. The maximum atomic E-state index is 11.9. The third-order valence-electron chi connectivity index (χ3n) is 3.41. The van der Waals surface area contributed by atoms with Crippen LogP contribution in [-0.4, -0.2) is 41.4 Å². The number of Topliss-reactive ketones (excluding diaryl/α,β-unsaturated/α-hetero) is 1. The van der Waals surface area contributed by atoms with E-state index >= 15 is 0 Å². The first kappa shape index (κ1) is 14.5. The molecular weight excluding hydrogens is 266 g/mol. The van der Waals surface area contributed by atoms with E-state index in [1.165, 1.54) is 0 Å². The van der Waals surface area contributed by atoms with Crippen LogP contribution in [0.15, 0.2) is 0 Å². The van der Waals surface area contributed by atoms with Gasteiger partial charge in [0.2, 0.25) is 0 Å². The fourth-order valence-electron chi connectivity index (χ4n) is 2.30. The Morgan fingerprint density at radius 1 is 1.53 bits per heavy atom. The summed E-state index contributed by atoms with van der Waals surface area (Å²) in [6.07, 6.45) is 2.44. The van der Waals surface area contributed by atoms with Crippen molar-refractivity contribution >= 4 is 17.4 Å². The molecule has 1 fully saturated rings. The van der Waals surface area contributed by atoms with Crippen molar-refractivity contribution in [2.45, 2.75) is 32.3 Å². The van der Waals surface area contributed by atoms with Gasteiger partial charge >= 0.3 is 0 Å². The molecule has 106 valence electrons. The number of ether oxygens (including phenoxy) is 1. The van der Waals surface area contributed by atoms with Crippen molar-refractivity contribution < 1.29 is 9.53 Å². The second-order valence-corrected chi connectivity index (χ2v) is 5.31. The number of aryl methyl sites for hydroxylation is 2. The SMILES string of the molecule is Cc1nn(C)c(Cl)c1CC(=O)COC1CCNCC1. The van der Waals surface area contributed by atoms with Gasteiger partial charge in [-0.25, -0.2) is 0 Å². The van der Waals surface area contributed by atoms with E-state index in [2.05, 4.69) is 10.4 Å². The molecule has 0 saturated carbocycles. The van der Waals surface area contributed by atoms with Gasteiger partial charge in [-0.2, -0.15) is 5.10 Å². The van der Waals surface area contributed by atoms with Gasteiger partial charge in [-0.15, -0.1) is 0 Å². The molecule has 2 heterocycles. The average Bonchev–Trinajstić information content (AvgIpc) is 2.64. The van der Waals surface area contributed by atoms with Gasteiger partial charge < -0.3 is 10.1 Å². The fraction of sp³-hybridized carbons (Fsp3) is 0.692. The number of carbonyl (C=O) groups is 1. The summed E-state index contributed by atoms with van der Waals surface area (Å²) in [5, 5.41) is 8.00. The van der Waals surface area contributed by atoms with Crippen molar-refractivity contribution in [3.05, 3.63) is 16.4 Å². The third-order valence-corrected chi connectivity index (χ3v) is 3.88. The summed E-state index contributed by atoms with van der Waals surface area (Å²) >= 11 is 6.11. The van der Waals surface area contributed by atoms with Gasteiger partial charge in [-0.3, -0.25) is 9.48 Å². The molecule has 1 aromatic heterocycles. The largest absolute Gasteiger partial charge is 0.370 e. The Morgan fingerprint density at radius 3 is 2.79 bits per heavy atom. The number of piperidine rings is 1. The highest BCUT2D eigenvalue weighted by Crippen LogP contribution is 2.19. The Kier molecular flexibility index (Phi) is 4.96. The summed E-state index contributed by atoms with van der Waals surface area (Å²) in [5.41, 5.74) is 1.62. The predicted molar refractivity (Wildman–Crippen MR) is 73.5 cm³/mol. The van der Waals surface area contributed by atoms with Crippen LogP contribution in [0.2, 0.25) is 5.15 Å². The zero-order valence-corrected chi connectivity index (χ0v) is 12.2. The molecule has 6 heteroatoms. The van der Waals surface area contributed by atoms with Gasteiger partial charge in [-0.1, -0.05) is 11.6 Å². The fourth-order valence-corrected chi connectivity index (χ4v) is 2.54. The van der Waals surface area contributed by atoms with Crippen molar-refractivity contribution in [1.82, 2.24) is 15.1 Å². The quantitative estimate of drug-likeness (QED) is 0.885. The lowest BCUT2D eigenvalue weighted by Gasteiger charge is -2.22. The topological polar surface area (TPSA) is 56.2 Å². The minimum atomic E-state index is 0.0523. The molecule has 1 aromatic rings. The molecule has 0 atom stereocenters. The van der Waals surface area contributed by atoms with Crippen molar-refractivity contribution in [3.63, 3.8) is 0 Å². The number of halogens is 1. The number of hydrogen-bond donors (Lipinski definition) is 1. The zero-order valence-electron chi connectivity index (χ0n) is 11.4. The minimum Gasteiger partial charge on any atom is -0.370 e. The number of nitrogens with zero attached hydrogens (tertiary/aromatic N) is 2. The van der Waals surface area contributed by atoms with Crippen molar-refractivity contribution in [3.8, 4) is 0 Å². The molecule has 19 heavy (non-hydrogen) atoms. The molecule has 0 bridgehead atoms. The summed E-state index contributed by atoms with van der Waals surface area (Å²) < 4.78 is 7.23. The number of ketones is 1. The Morgan fingerprint density at radius 2 is 2.21 bits per heavy atom. The minimum absolute atomic E-state index is 0.0523. The Balaban J connectivity index is 1.83. The number of hydrogen-bond acceptors (Lipinski definition) is 4. The zero-order chi connectivity index (χ0) is 13.8. The van der Waals surface area contributed by atoms with E-state index in [0.717, 1.165) is 37.2 Å². The number of aromatic nitrogens is 2. The van der Waals surface area contributed by atoms with E-state index in [0.29, 0.717) is 11.6 Å². The lowest BCUT2D eigenvalue weighted by atomic mass is 10.1. The second kappa shape index (κ2) is 6.50. The molecule has 0 aliphatic carbocycles. The first-order valence-electron chi connectivity index (χ1n) is 6.60. The van der Waals surface area contributed by atoms with Crippen LogP contribution in [0.4, 0.5) is 0 Å². The molecule has 0 radical (unpaired) electrons. The van der Waals surface area contributed by atoms with Gasteiger partial charge in [0.25, 0.3) is 0 Å². The lowest BCUT2D eigenvalue weighted by Crippen LogP contribution is -2.33. The first-order chi connectivity index (χ1) is 9.08. The Bertz CT molecular complexity index is 453. The average molecular weight is 286 g/mol. The number of carbonyl (C=O) groups excluding carboxylic acids is 1. The molecular formula is C13H20ClN3O2. The molecule has 5 nitrogen and oxygen atoms in total. The highest BCUT2D eigenvalue weighted by atomic mass is 35.5. The molecule has 2 rings (SSSR count). The standard InChI is InChI=1S/C13H20ClN3O2/c1-9-12(13(14)17(2)16-9)7-10(18)8-19-11-3-5-15-6-4-11/h11,15H,3-8H2,1-2H3. The summed E-state index contributed by atoms with van der Waals surface area (Å²) in [4.78, 5) is 11.9.